The summed E-state index contributed by atoms with van der Waals surface area (Å²) in [5.74, 6) is 0.0439. The molecule has 2 aliphatic heterocycles. The monoisotopic (exact) mass is 396 g/mol. The number of hydrogen-bond donors (Lipinski definition) is 2. The van der Waals surface area contributed by atoms with Gasteiger partial charge in [-0.1, -0.05) is 12.1 Å². The van der Waals surface area contributed by atoms with Crippen molar-refractivity contribution in [2.75, 3.05) is 29.5 Å². The molecule has 0 saturated heterocycles. The van der Waals surface area contributed by atoms with Crippen LogP contribution in [0.5, 0.6) is 0 Å². The Morgan fingerprint density at radius 2 is 1.96 bits per heavy atom. The minimum absolute atomic E-state index is 0.0439. The van der Waals surface area contributed by atoms with Gasteiger partial charge in [0.15, 0.2) is 0 Å². The van der Waals surface area contributed by atoms with E-state index in [2.05, 4.69) is 14.6 Å². The van der Waals surface area contributed by atoms with Crippen LogP contribution in [0.15, 0.2) is 42.5 Å². The van der Waals surface area contributed by atoms with Crippen molar-refractivity contribution in [2.24, 2.45) is 0 Å². The lowest BCUT2D eigenvalue weighted by Crippen LogP contribution is -2.51. The molecule has 1 unspecified atom stereocenters. The van der Waals surface area contributed by atoms with Gasteiger partial charge in [0.1, 0.15) is 6.17 Å². The van der Waals surface area contributed by atoms with Crippen LogP contribution in [0.2, 0.25) is 0 Å². The molecule has 0 fully saturated rings. The van der Waals surface area contributed by atoms with Gasteiger partial charge in [0.2, 0.25) is 10.0 Å². The van der Waals surface area contributed by atoms with Gasteiger partial charge in [-0.05, 0) is 42.3 Å². The molecule has 28 heavy (non-hydrogen) atoms. The summed E-state index contributed by atoms with van der Waals surface area (Å²) < 4.78 is 25.7. The molecule has 0 spiro atoms. The predicted octanol–water partition coefficient (Wildman–Crippen LogP) is 2.69. The van der Waals surface area contributed by atoms with Crippen LogP contribution in [-0.2, 0) is 16.4 Å². The molecule has 1 aromatic heterocycles. The number of sulfonamides is 1. The van der Waals surface area contributed by atoms with E-state index in [1.807, 2.05) is 48.3 Å². The molecular weight excluding hydrogens is 376 g/mol. The third kappa shape index (κ3) is 2.48. The van der Waals surface area contributed by atoms with Gasteiger partial charge in [0.25, 0.3) is 5.91 Å². The summed E-state index contributed by atoms with van der Waals surface area (Å²) in [6.07, 6.45) is 1.65. The lowest BCUT2D eigenvalue weighted by atomic mass is 9.96. The Balaban J connectivity index is 1.65. The fourth-order valence-electron chi connectivity index (χ4n) is 4.41. The molecule has 0 saturated carbocycles. The summed E-state index contributed by atoms with van der Waals surface area (Å²) in [5, 5.41) is 0.989. The van der Waals surface area contributed by atoms with Gasteiger partial charge in [-0.15, -0.1) is 0 Å². The number of aromatic nitrogens is 1. The Labute approximate surface area is 163 Å². The Morgan fingerprint density at radius 3 is 2.75 bits per heavy atom. The first kappa shape index (κ1) is 17.1. The van der Waals surface area contributed by atoms with Crippen LogP contribution in [0, 0.1) is 0 Å². The van der Waals surface area contributed by atoms with Gasteiger partial charge >= 0.3 is 0 Å². The van der Waals surface area contributed by atoms with Crippen molar-refractivity contribution in [2.45, 2.75) is 12.6 Å². The summed E-state index contributed by atoms with van der Waals surface area (Å²) in [6.45, 7) is 0.617. The quantitative estimate of drug-likeness (QED) is 0.697. The van der Waals surface area contributed by atoms with Crippen molar-refractivity contribution in [1.82, 2.24) is 9.88 Å². The molecule has 2 N–H and O–H groups in total. The van der Waals surface area contributed by atoms with Crippen molar-refractivity contribution >= 4 is 38.2 Å². The molecule has 1 amide bonds. The van der Waals surface area contributed by atoms with Gasteiger partial charge in [0, 0.05) is 30.2 Å². The Morgan fingerprint density at radius 1 is 1.18 bits per heavy atom. The molecule has 8 heteroatoms. The highest BCUT2D eigenvalue weighted by molar-refractivity contribution is 7.92. The number of nitrogens with one attached hydrogen (secondary N) is 2. The zero-order valence-corrected chi connectivity index (χ0v) is 16.4. The van der Waals surface area contributed by atoms with Gasteiger partial charge in [-0.3, -0.25) is 9.52 Å². The lowest BCUT2D eigenvalue weighted by molar-refractivity contribution is 0.0634. The first-order valence-corrected chi connectivity index (χ1v) is 11.0. The fraction of sp³-hybridized carbons (Fsp3) is 0.250. The van der Waals surface area contributed by atoms with Crippen molar-refractivity contribution < 1.29 is 13.2 Å². The van der Waals surface area contributed by atoms with E-state index in [4.69, 9.17) is 0 Å². The van der Waals surface area contributed by atoms with E-state index >= 15 is 0 Å². The van der Waals surface area contributed by atoms with Crippen molar-refractivity contribution in [3.05, 3.63) is 59.3 Å². The number of amides is 1. The highest BCUT2D eigenvalue weighted by Crippen LogP contribution is 2.43. The first-order valence-electron chi connectivity index (χ1n) is 9.08. The Bertz CT molecular complexity index is 1230. The standard InChI is InChI=1S/C20H20N4O3S/c1-23-17-6-4-3-5-14(17)20(25)24-10-9-13-15-11-12(22-28(2,26)27)7-8-16(15)21-18(13)19(23)24/h3-8,11,19,21-22H,9-10H2,1-2H3. The van der Waals surface area contributed by atoms with Crippen LogP contribution in [0.4, 0.5) is 11.4 Å². The van der Waals surface area contributed by atoms with Gasteiger partial charge < -0.3 is 14.8 Å². The molecule has 7 nitrogen and oxygen atoms in total. The van der Waals surface area contributed by atoms with Crippen LogP contribution in [-0.4, -0.2) is 44.1 Å². The van der Waals surface area contributed by atoms with E-state index in [9.17, 15) is 13.2 Å². The zero-order chi connectivity index (χ0) is 19.6. The van der Waals surface area contributed by atoms with Crippen LogP contribution >= 0.6 is 0 Å². The van der Waals surface area contributed by atoms with E-state index in [1.165, 1.54) is 0 Å². The average Bonchev–Trinajstić information content (AvgIpc) is 3.02. The van der Waals surface area contributed by atoms with E-state index < -0.39 is 10.0 Å². The summed E-state index contributed by atoms with van der Waals surface area (Å²) in [6, 6.07) is 13.2. The zero-order valence-electron chi connectivity index (χ0n) is 15.6. The fourth-order valence-corrected chi connectivity index (χ4v) is 4.97. The summed E-state index contributed by atoms with van der Waals surface area (Å²) in [4.78, 5) is 20.5. The highest BCUT2D eigenvalue weighted by Gasteiger charge is 2.41. The number of H-pyrrole nitrogens is 1. The smallest absolute Gasteiger partial charge is 0.257 e. The number of aromatic amines is 1. The molecule has 2 aromatic carbocycles. The molecule has 0 aliphatic carbocycles. The first-order chi connectivity index (χ1) is 13.3. The summed E-state index contributed by atoms with van der Waals surface area (Å²) in [7, 11) is -1.34. The highest BCUT2D eigenvalue weighted by atomic mass is 32.2. The number of hydrogen-bond acceptors (Lipinski definition) is 4. The van der Waals surface area contributed by atoms with Crippen LogP contribution in [0.25, 0.3) is 10.9 Å². The number of para-hydroxylation sites is 1. The van der Waals surface area contributed by atoms with Crippen molar-refractivity contribution in [1.29, 1.82) is 0 Å². The molecule has 144 valence electrons. The van der Waals surface area contributed by atoms with E-state index in [0.717, 1.165) is 46.1 Å². The number of anilines is 2. The Kier molecular flexibility index (Phi) is 3.51. The second-order valence-corrected chi connectivity index (χ2v) is 9.15. The SMILES string of the molecule is CN1c2ccccc2C(=O)N2CCc3c([nH]c4ccc(NS(C)(=O)=O)cc34)C21. The molecule has 3 heterocycles. The van der Waals surface area contributed by atoms with E-state index in [-0.39, 0.29) is 12.1 Å². The predicted molar refractivity (Wildman–Crippen MR) is 109 cm³/mol. The average molecular weight is 396 g/mol. The minimum Gasteiger partial charge on any atom is -0.355 e. The van der Waals surface area contributed by atoms with E-state index in [0.29, 0.717) is 12.2 Å². The number of carbonyl (C=O) groups excluding carboxylic acids is 1. The van der Waals surface area contributed by atoms with Crippen molar-refractivity contribution in [3.8, 4) is 0 Å². The maximum atomic E-state index is 13.0. The number of nitrogens with zero attached hydrogens (tertiary/aromatic N) is 2. The summed E-state index contributed by atoms with van der Waals surface area (Å²) in [5.41, 5.74) is 5.24. The third-order valence-electron chi connectivity index (χ3n) is 5.54. The van der Waals surface area contributed by atoms with Crippen LogP contribution < -0.4 is 9.62 Å². The second kappa shape index (κ2) is 5.75. The lowest BCUT2D eigenvalue weighted by Gasteiger charge is -2.46. The molecule has 0 radical (unpaired) electrons. The number of carbonyl (C=O) groups is 1. The molecular formula is C20H20N4O3S. The van der Waals surface area contributed by atoms with Gasteiger partial charge in [-0.25, -0.2) is 8.42 Å². The van der Waals surface area contributed by atoms with E-state index in [1.54, 1.807) is 6.07 Å². The maximum absolute atomic E-state index is 13.0. The van der Waals surface area contributed by atoms with Gasteiger partial charge in [0.05, 0.1) is 23.2 Å². The molecule has 3 aromatic rings. The number of benzene rings is 2. The number of fused-ring (bicyclic) bond motifs is 6. The van der Waals surface area contributed by atoms with Gasteiger partial charge in [-0.2, -0.15) is 0 Å². The minimum atomic E-state index is -3.34. The normalized spacial score (nSPS) is 18.6. The molecule has 1 atom stereocenters. The largest absolute Gasteiger partial charge is 0.355 e. The second-order valence-electron chi connectivity index (χ2n) is 7.40. The molecule has 0 bridgehead atoms. The third-order valence-corrected chi connectivity index (χ3v) is 6.15. The molecule has 5 rings (SSSR count). The Hall–Kier alpha value is -3.00. The molecule has 2 aliphatic rings. The maximum Gasteiger partial charge on any atom is 0.257 e. The number of rotatable bonds is 2. The van der Waals surface area contributed by atoms with Crippen LogP contribution in [0.1, 0.15) is 27.8 Å². The summed E-state index contributed by atoms with van der Waals surface area (Å²) >= 11 is 0. The van der Waals surface area contributed by atoms with Crippen molar-refractivity contribution in [3.63, 3.8) is 0 Å². The van der Waals surface area contributed by atoms with Crippen LogP contribution in [0.3, 0.4) is 0 Å². The topological polar surface area (TPSA) is 85.5 Å².